The molecule has 2 N–H and O–H groups in total. The lowest BCUT2D eigenvalue weighted by Crippen LogP contribution is -2.50. The van der Waals surface area contributed by atoms with Crippen molar-refractivity contribution in [2.75, 3.05) is 19.7 Å². The monoisotopic (exact) mass is 402 g/mol. The van der Waals surface area contributed by atoms with E-state index in [1.54, 1.807) is 0 Å². The molecule has 1 aliphatic heterocycles. The van der Waals surface area contributed by atoms with E-state index in [1.807, 2.05) is 0 Å². The van der Waals surface area contributed by atoms with Gasteiger partial charge in [-0.2, -0.15) is 18.3 Å². The van der Waals surface area contributed by atoms with Gasteiger partial charge in [0.25, 0.3) is 5.91 Å². The highest BCUT2D eigenvalue weighted by molar-refractivity contribution is 6.30. The van der Waals surface area contributed by atoms with Crippen LogP contribution in [0, 0.1) is 0 Å². The summed E-state index contributed by atoms with van der Waals surface area (Å²) < 4.78 is 46.8. The van der Waals surface area contributed by atoms with Crippen LogP contribution in [-0.2, 0) is 15.7 Å². The van der Waals surface area contributed by atoms with Gasteiger partial charge in [0.2, 0.25) is 5.91 Å². The van der Waals surface area contributed by atoms with Gasteiger partial charge in [-0.25, -0.2) is 4.68 Å². The van der Waals surface area contributed by atoms with E-state index in [-0.39, 0.29) is 30.4 Å². The lowest BCUT2D eigenvalue weighted by molar-refractivity contribution is -0.143. The molecular weight excluding hydrogens is 389 g/mol. The van der Waals surface area contributed by atoms with Gasteiger partial charge in [-0.1, -0.05) is 17.7 Å². The third-order valence-electron chi connectivity index (χ3n) is 3.99. The molecule has 27 heavy (non-hydrogen) atoms. The lowest BCUT2D eigenvalue weighted by atomic mass is 10.1. The number of nitrogens with zero attached hydrogens (tertiary/aromatic N) is 3. The first kappa shape index (κ1) is 19.2. The number of primary amides is 1. The van der Waals surface area contributed by atoms with Crippen LogP contribution < -0.4 is 5.73 Å². The predicted octanol–water partition coefficient (Wildman–Crippen LogP) is 1.87. The zero-order valence-electron chi connectivity index (χ0n) is 13.7. The lowest BCUT2D eigenvalue weighted by Gasteiger charge is -2.31. The molecule has 11 heteroatoms. The molecule has 1 atom stereocenters. The molecular formula is C16H14ClF3N4O3. The number of benzene rings is 1. The molecule has 3 rings (SSSR count). The first-order chi connectivity index (χ1) is 12.7. The zero-order chi connectivity index (χ0) is 19.8. The minimum atomic E-state index is -4.85. The number of hydrogen-bond acceptors (Lipinski definition) is 4. The summed E-state index contributed by atoms with van der Waals surface area (Å²) in [5, 5.41) is 3.96. The molecule has 0 spiro atoms. The maximum Gasteiger partial charge on any atom is 0.434 e. The third kappa shape index (κ3) is 3.91. The van der Waals surface area contributed by atoms with E-state index in [1.165, 1.54) is 24.3 Å². The van der Waals surface area contributed by atoms with E-state index < -0.39 is 35.4 Å². The third-order valence-corrected chi connectivity index (χ3v) is 4.23. The van der Waals surface area contributed by atoms with Crippen LogP contribution in [0.3, 0.4) is 0 Å². The summed E-state index contributed by atoms with van der Waals surface area (Å²) >= 11 is 5.84. The van der Waals surface area contributed by atoms with Gasteiger partial charge in [0.15, 0.2) is 11.8 Å². The van der Waals surface area contributed by atoms with E-state index in [9.17, 15) is 22.8 Å². The summed E-state index contributed by atoms with van der Waals surface area (Å²) in [5.41, 5.74) is 3.35. The second-order valence-corrected chi connectivity index (χ2v) is 6.25. The van der Waals surface area contributed by atoms with Crippen molar-refractivity contribution in [3.05, 3.63) is 46.7 Å². The summed E-state index contributed by atoms with van der Waals surface area (Å²) in [4.78, 5) is 25.0. The number of ether oxygens (including phenoxy) is 1. The van der Waals surface area contributed by atoms with Crippen molar-refractivity contribution in [3.63, 3.8) is 0 Å². The molecule has 7 nitrogen and oxygen atoms in total. The Morgan fingerprint density at radius 1 is 1.33 bits per heavy atom. The molecule has 2 aromatic rings. The molecule has 0 aliphatic carbocycles. The van der Waals surface area contributed by atoms with Crippen molar-refractivity contribution in [2.24, 2.45) is 5.73 Å². The Morgan fingerprint density at radius 3 is 2.70 bits per heavy atom. The Bertz CT molecular complexity index is 884. The van der Waals surface area contributed by atoms with Gasteiger partial charge in [-0.15, -0.1) is 0 Å². The summed E-state index contributed by atoms with van der Waals surface area (Å²) in [6.07, 6.45) is -5.07. The van der Waals surface area contributed by atoms with Crippen LogP contribution in [-0.4, -0.2) is 52.3 Å². The molecule has 2 amide bonds. The normalized spacial score (nSPS) is 17.8. The number of aromatic nitrogens is 2. The molecule has 0 saturated carbocycles. The van der Waals surface area contributed by atoms with E-state index in [0.717, 1.165) is 11.1 Å². The minimum Gasteiger partial charge on any atom is -0.367 e. The highest BCUT2D eigenvalue weighted by Crippen LogP contribution is 2.34. The van der Waals surface area contributed by atoms with Crippen molar-refractivity contribution in [1.82, 2.24) is 14.7 Å². The Labute approximate surface area is 156 Å². The Kier molecular flexibility index (Phi) is 5.11. The molecule has 144 valence electrons. The fourth-order valence-electron chi connectivity index (χ4n) is 2.76. The van der Waals surface area contributed by atoms with Crippen molar-refractivity contribution < 1.29 is 27.5 Å². The van der Waals surface area contributed by atoms with Gasteiger partial charge >= 0.3 is 6.18 Å². The van der Waals surface area contributed by atoms with Crippen LogP contribution >= 0.6 is 11.6 Å². The Hall–Kier alpha value is -2.59. The fourth-order valence-corrected chi connectivity index (χ4v) is 2.94. The van der Waals surface area contributed by atoms with Crippen LogP contribution in [0.2, 0.25) is 5.02 Å². The molecule has 1 unspecified atom stereocenters. The van der Waals surface area contributed by atoms with Gasteiger partial charge in [0.05, 0.1) is 30.6 Å². The van der Waals surface area contributed by atoms with Crippen molar-refractivity contribution in [2.45, 2.75) is 12.3 Å². The van der Waals surface area contributed by atoms with E-state index in [4.69, 9.17) is 22.1 Å². The second-order valence-electron chi connectivity index (χ2n) is 5.81. The average molecular weight is 403 g/mol. The number of morpholine rings is 1. The van der Waals surface area contributed by atoms with Gasteiger partial charge in [0.1, 0.15) is 0 Å². The van der Waals surface area contributed by atoms with Crippen LogP contribution in [0.25, 0.3) is 5.69 Å². The summed E-state index contributed by atoms with van der Waals surface area (Å²) in [6, 6.07) is 5.67. The highest BCUT2D eigenvalue weighted by Gasteiger charge is 2.42. The highest BCUT2D eigenvalue weighted by atomic mass is 35.5. The van der Waals surface area contributed by atoms with Crippen molar-refractivity contribution in [3.8, 4) is 5.69 Å². The Morgan fingerprint density at radius 2 is 2.07 bits per heavy atom. The van der Waals surface area contributed by atoms with Crippen LogP contribution in [0.1, 0.15) is 16.1 Å². The predicted molar refractivity (Wildman–Crippen MR) is 88.4 cm³/mol. The molecule has 1 aromatic carbocycles. The van der Waals surface area contributed by atoms with E-state index >= 15 is 0 Å². The average Bonchev–Trinajstić information content (AvgIpc) is 3.06. The molecule has 1 aromatic heterocycles. The summed E-state index contributed by atoms with van der Waals surface area (Å²) in [5.74, 6) is -1.71. The van der Waals surface area contributed by atoms with Gasteiger partial charge < -0.3 is 15.4 Å². The molecule has 2 heterocycles. The summed E-state index contributed by atoms with van der Waals surface area (Å²) in [6.45, 7) is -0.209. The molecule has 1 aliphatic rings. The number of nitrogens with two attached hydrogens (primary N) is 1. The summed E-state index contributed by atoms with van der Waals surface area (Å²) in [7, 11) is 0. The minimum absolute atomic E-state index is 0.0108. The fraction of sp³-hybridized carbons (Fsp3) is 0.312. The van der Waals surface area contributed by atoms with Crippen LogP contribution in [0.15, 0.2) is 30.5 Å². The van der Waals surface area contributed by atoms with E-state index in [2.05, 4.69) is 5.10 Å². The Balaban J connectivity index is 2.01. The molecule has 0 radical (unpaired) electrons. The topological polar surface area (TPSA) is 90.5 Å². The van der Waals surface area contributed by atoms with Gasteiger partial charge in [-0.3, -0.25) is 9.59 Å². The molecule has 0 bridgehead atoms. The maximum absolute atomic E-state index is 13.7. The van der Waals surface area contributed by atoms with Gasteiger partial charge in [-0.05, 0) is 18.2 Å². The second kappa shape index (κ2) is 7.20. The van der Waals surface area contributed by atoms with Crippen LogP contribution in [0.4, 0.5) is 13.2 Å². The molecule has 1 saturated heterocycles. The smallest absolute Gasteiger partial charge is 0.367 e. The van der Waals surface area contributed by atoms with E-state index in [0.29, 0.717) is 4.68 Å². The zero-order valence-corrected chi connectivity index (χ0v) is 14.5. The number of alkyl halides is 3. The number of hydrogen-bond donors (Lipinski definition) is 1. The van der Waals surface area contributed by atoms with Crippen LogP contribution in [0.5, 0.6) is 0 Å². The standard InChI is InChI=1S/C16H14ClF3N4O3/c17-9-2-1-3-10(6-9)24-13(16(18,19)20)11(7-22-24)15(26)23-4-5-27-12(8-23)14(21)25/h1-3,6-7,12H,4-5,8H2,(H2,21,25). The largest absolute Gasteiger partial charge is 0.434 e. The maximum atomic E-state index is 13.7. The quantitative estimate of drug-likeness (QED) is 0.848. The van der Waals surface area contributed by atoms with Gasteiger partial charge in [0, 0.05) is 11.6 Å². The number of carbonyl (C=O) groups excluding carboxylic acids is 2. The number of rotatable bonds is 3. The number of amides is 2. The SMILES string of the molecule is NC(=O)C1CN(C(=O)c2cnn(-c3cccc(Cl)c3)c2C(F)(F)F)CCO1. The first-order valence-corrected chi connectivity index (χ1v) is 8.17. The first-order valence-electron chi connectivity index (χ1n) is 7.80. The number of halogens is 4. The van der Waals surface area contributed by atoms with Crippen molar-refractivity contribution >= 4 is 23.4 Å². The van der Waals surface area contributed by atoms with Crippen molar-refractivity contribution in [1.29, 1.82) is 0 Å². The number of carbonyl (C=O) groups is 2. The molecule has 1 fully saturated rings.